The number of benzene rings is 2. The van der Waals surface area contributed by atoms with Crippen molar-refractivity contribution in [3.63, 3.8) is 0 Å². The quantitative estimate of drug-likeness (QED) is 0.569. The second-order valence-corrected chi connectivity index (χ2v) is 6.69. The molecule has 2 heterocycles. The summed E-state index contributed by atoms with van der Waals surface area (Å²) in [5.74, 6) is -1.04. The Labute approximate surface area is 159 Å². The van der Waals surface area contributed by atoms with Gasteiger partial charge in [0, 0.05) is 35.2 Å². The molecule has 146 valence electrons. The van der Waals surface area contributed by atoms with Crippen LogP contribution < -0.4 is 0 Å². The van der Waals surface area contributed by atoms with Gasteiger partial charge in [-0.1, -0.05) is 25.1 Å². The number of hydrogen-bond acceptors (Lipinski definition) is 1. The van der Waals surface area contributed by atoms with Crippen molar-refractivity contribution in [1.82, 2.24) is 9.88 Å². The first-order chi connectivity index (χ1) is 13.0. The lowest BCUT2D eigenvalue weighted by Gasteiger charge is -2.32. The number of nitrogens with zero attached hydrogens (tertiary/aromatic N) is 1. The molecule has 1 aliphatic rings. The Balaban J connectivity index is 0.000000203. The van der Waals surface area contributed by atoms with E-state index in [4.69, 9.17) is 0 Å². The van der Waals surface area contributed by atoms with Crippen LogP contribution in [0.5, 0.6) is 0 Å². The van der Waals surface area contributed by atoms with Crippen molar-refractivity contribution < 1.29 is 13.2 Å². The maximum Gasteiger partial charge on any atom is 0.126 e. The number of rotatable bonds is 1. The first-order valence-electron chi connectivity index (χ1n) is 9.11. The molecule has 2 aromatic carbocycles. The third-order valence-electron chi connectivity index (χ3n) is 4.80. The van der Waals surface area contributed by atoms with Gasteiger partial charge < -0.3 is 4.98 Å². The van der Waals surface area contributed by atoms with Crippen molar-refractivity contribution in [2.24, 2.45) is 0 Å². The molecule has 5 heteroatoms. The predicted molar refractivity (Wildman–Crippen MR) is 106 cm³/mol. The Morgan fingerprint density at radius 2 is 1.70 bits per heavy atom. The standard InChI is InChI=1S/C14H18N2.C7H6F2.CH3F/c1-3-16-9-14-12(8-10(16)2)11-6-4-5-7-13(11)15-14;1-5-2-6(8)4-7(9)3-5;1-2/h4-7,10,15H,3,8-9H2,1-2H3;2-4H,1H3;1H3. The number of para-hydroxylation sites is 1. The number of aromatic nitrogens is 1. The van der Waals surface area contributed by atoms with Gasteiger partial charge in [-0.2, -0.15) is 0 Å². The van der Waals surface area contributed by atoms with Gasteiger partial charge in [0.2, 0.25) is 0 Å². The fraction of sp³-hybridized carbons (Fsp3) is 0.364. The summed E-state index contributed by atoms with van der Waals surface area (Å²) in [6.07, 6.45) is 1.17. The van der Waals surface area contributed by atoms with Crippen LogP contribution in [-0.2, 0) is 13.0 Å². The predicted octanol–water partition coefficient (Wildman–Crippen LogP) is 5.79. The van der Waals surface area contributed by atoms with Crippen LogP contribution in [-0.4, -0.2) is 29.6 Å². The molecule has 2 nitrogen and oxygen atoms in total. The number of fused-ring (bicyclic) bond motifs is 3. The Kier molecular flexibility index (Phi) is 7.48. The number of hydrogen-bond donors (Lipinski definition) is 1. The van der Waals surface area contributed by atoms with Crippen molar-refractivity contribution in [1.29, 1.82) is 0 Å². The van der Waals surface area contributed by atoms with E-state index in [9.17, 15) is 13.2 Å². The third kappa shape index (κ3) is 5.13. The van der Waals surface area contributed by atoms with Gasteiger partial charge in [-0.25, -0.2) is 8.78 Å². The Hall–Kier alpha value is -2.27. The lowest BCUT2D eigenvalue weighted by Crippen LogP contribution is -2.37. The van der Waals surface area contributed by atoms with E-state index in [0.29, 0.717) is 18.8 Å². The Bertz CT molecular complexity index is 823. The first-order valence-corrected chi connectivity index (χ1v) is 9.11. The van der Waals surface area contributed by atoms with Gasteiger partial charge in [0.05, 0.1) is 7.18 Å². The Morgan fingerprint density at radius 3 is 2.30 bits per heavy atom. The van der Waals surface area contributed by atoms with E-state index in [0.717, 1.165) is 19.2 Å². The SMILES string of the molecule is CCN1Cc2[nH]c3ccccc3c2CC1C.CF.Cc1cc(F)cc(F)c1. The maximum atomic E-state index is 12.2. The van der Waals surface area contributed by atoms with Crippen molar-refractivity contribution in [3.8, 4) is 0 Å². The summed E-state index contributed by atoms with van der Waals surface area (Å²) in [5.41, 5.74) is 4.85. The number of likely N-dealkylation sites (N-methyl/N-ethyl adjacent to an activating group) is 1. The van der Waals surface area contributed by atoms with Crippen molar-refractivity contribution in [2.45, 2.75) is 39.8 Å². The second kappa shape index (κ2) is 9.60. The fourth-order valence-corrected chi connectivity index (χ4v) is 3.52. The highest BCUT2D eigenvalue weighted by Gasteiger charge is 2.24. The molecular weight excluding hydrogens is 349 g/mol. The van der Waals surface area contributed by atoms with Crippen LogP contribution in [0.25, 0.3) is 10.9 Å². The average molecular weight is 376 g/mol. The van der Waals surface area contributed by atoms with Gasteiger partial charge in [0.15, 0.2) is 0 Å². The van der Waals surface area contributed by atoms with E-state index in [2.05, 4.69) is 48.0 Å². The van der Waals surface area contributed by atoms with E-state index >= 15 is 0 Å². The van der Waals surface area contributed by atoms with E-state index in [1.165, 1.54) is 40.7 Å². The molecule has 1 N–H and O–H groups in total. The molecule has 0 saturated carbocycles. The van der Waals surface area contributed by atoms with E-state index in [1.54, 1.807) is 6.92 Å². The lowest BCUT2D eigenvalue weighted by atomic mass is 9.98. The van der Waals surface area contributed by atoms with Gasteiger partial charge in [-0.15, -0.1) is 0 Å². The molecule has 0 fully saturated rings. The molecule has 0 aliphatic carbocycles. The normalized spacial score (nSPS) is 16.0. The number of halogens is 3. The zero-order valence-corrected chi connectivity index (χ0v) is 16.3. The number of aryl methyl sites for hydroxylation is 1. The highest BCUT2D eigenvalue weighted by molar-refractivity contribution is 5.84. The molecule has 0 saturated heterocycles. The number of alkyl halides is 1. The van der Waals surface area contributed by atoms with Crippen molar-refractivity contribution >= 4 is 10.9 Å². The minimum atomic E-state index is -0.521. The summed E-state index contributed by atoms with van der Waals surface area (Å²) in [7, 11) is 0.500. The van der Waals surface area contributed by atoms with E-state index in [-0.39, 0.29) is 0 Å². The summed E-state index contributed by atoms with van der Waals surface area (Å²) in [6, 6.07) is 12.7. The van der Waals surface area contributed by atoms with Crippen LogP contribution in [0.2, 0.25) is 0 Å². The van der Waals surface area contributed by atoms with Gasteiger partial charge in [-0.05, 0) is 56.1 Å². The van der Waals surface area contributed by atoms with Crippen molar-refractivity contribution in [3.05, 3.63) is 70.9 Å². The summed E-state index contributed by atoms with van der Waals surface area (Å²) in [4.78, 5) is 6.08. The topological polar surface area (TPSA) is 19.0 Å². The smallest absolute Gasteiger partial charge is 0.126 e. The summed E-state index contributed by atoms with van der Waals surface area (Å²) in [6.45, 7) is 8.42. The van der Waals surface area contributed by atoms with Crippen LogP contribution in [0.4, 0.5) is 13.2 Å². The molecule has 0 bridgehead atoms. The largest absolute Gasteiger partial charge is 0.357 e. The number of nitrogens with one attached hydrogen (secondary N) is 1. The van der Waals surface area contributed by atoms with E-state index in [1.807, 2.05) is 0 Å². The average Bonchev–Trinajstić information content (AvgIpc) is 2.99. The monoisotopic (exact) mass is 376 g/mol. The summed E-state index contributed by atoms with van der Waals surface area (Å²) >= 11 is 0. The zero-order chi connectivity index (χ0) is 20.0. The zero-order valence-electron chi connectivity index (χ0n) is 16.3. The van der Waals surface area contributed by atoms with Crippen LogP contribution in [0.15, 0.2) is 42.5 Å². The molecular formula is C22H27F3N2. The van der Waals surface area contributed by atoms with Crippen LogP contribution in [0.3, 0.4) is 0 Å². The number of H-pyrrole nitrogens is 1. The van der Waals surface area contributed by atoms with Crippen molar-refractivity contribution in [2.75, 3.05) is 13.7 Å². The highest BCUT2D eigenvalue weighted by atomic mass is 19.1. The van der Waals surface area contributed by atoms with Gasteiger partial charge in [0.1, 0.15) is 11.6 Å². The minimum absolute atomic E-state index is 0.500. The maximum absolute atomic E-state index is 12.2. The fourth-order valence-electron chi connectivity index (χ4n) is 3.52. The Morgan fingerprint density at radius 1 is 1.07 bits per heavy atom. The lowest BCUT2D eigenvalue weighted by molar-refractivity contribution is 0.193. The molecule has 0 spiro atoms. The molecule has 27 heavy (non-hydrogen) atoms. The first kappa shape index (κ1) is 21.0. The molecule has 4 rings (SSSR count). The van der Waals surface area contributed by atoms with Gasteiger partial charge in [-0.3, -0.25) is 9.29 Å². The molecule has 1 aliphatic heterocycles. The summed E-state index contributed by atoms with van der Waals surface area (Å²) < 4.78 is 33.9. The molecule has 3 aromatic rings. The van der Waals surface area contributed by atoms with Crippen LogP contribution in [0.1, 0.15) is 30.7 Å². The second-order valence-electron chi connectivity index (χ2n) is 6.69. The number of aromatic amines is 1. The molecule has 0 amide bonds. The minimum Gasteiger partial charge on any atom is -0.357 e. The molecule has 1 atom stereocenters. The molecule has 1 aromatic heterocycles. The third-order valence-corrected chi connectivity index (χ3v) is 4.80. The molecule has 1 unspecified atom stereocenters. The van der Waals surface area contributed by atoms with E-state index < -0.39 is 11.6 Å². The van der Waals surface area contributed by atoms with Crippen LogP contribution >= 0.6 is 0 Å². The summed E-state index contributed by atoms with van der Waals surface area (Å²) in [5, 5.41) is 1.42. The van der Waals surface area contributed by atoms with Gasteiger partial charge >= 0.3 is 0 Å². The van der Waals surface area contributed by atoms with Gasteiger partial charge in [0.25, 0.3) is 0 Å². The molecule has 0 radical (unpaired) electrons. The van der Waals surface area contributed by atoms with Crippen LogP contribution in [0, 0.1) is 18.6 Å². The highest BCUT2D eigenvalue weighted by Crippen LogP contribution is 2.29.